The Kier molecular flexibility index (Phi) is 7.45. The molecule has 0 atom stereocenters. The lowest BCUT2D eigenvalue weighted by Crippen LogP contribution is -2.26. The number of carbonyl (C=O) groups is 2. The van der Waals surface area contributed by atoms with Crippen molar-refractivity contribution >= 4 is 34.6 Å². The Morgan fingerprint density at radius 3 is 2.50 bits per heavy atom. The average molecular weight is 491 g/mol. The third-order valence-corrected chi connectivity index (χ3v) is 5.79. The molecule has 1 heterocycles. The molecule has 0 aliphatic carbocycles. The molecule has 0 aromatic heterocycles. The molecule has 10 heteroatoms. The standard InChI is InChI=1S/C26H26N4O6/c1-35-11-3-10-27-25(31)13-16-4-8-20-22(12-16)28-21-14-17(5-7-19(21)26(32)29-20)18-6-9-23(30(33)34)24(15-18)36-2/h4-9,12,14-15,28H,3,10-11,13H2,1-2H3,(H,27,31)(H,29,32). The molecule has 3 N–H and O–H groups in total. The molecule has 0 saturated heterocycles. The van der Waals surface area contributed by atoms with E-state index in [0.717, 1.165) is 17.5 Å². The minimum atomic E-state index is -0.500. The van der Waals surface area contributed by atoms with Gasteiger partial charge in [-0.2, -0.15) is 0 Å². The molecule has 4 rings (SSSR count). The first-order chi connectivity index (χ1) is 17.4. The van der Waals surface area contributed by atoms with E-state index in [4.69, 9.17) is 9.47 Å². The Morgan fingerprint density at radius 1 is 0.972 bits per heavy atom. The summed E-state index contributed by atoms with van der Waals surface area (Å²) >= 11 is 0. The molecule has 0 radical (unpaired) electrons. The summed E-state index contributed by atoms with van der Waals surface area (Å²) in [6, 6.07) is 15.3. The predicted octanol–water partition coefficient (Wildman–Crippen LogP) is 4.27. The van der Waals surface area contributed by atoms with Gasteiger partial charge in [-0.3, -0.25) is 19.7 Å². The first-order valence-electron chi connectivity index (χ1n) is 11.3. The van der Waals surface area contributed by atoms with E-state index in [1.807, 2.05) is 6.07 Å². The van der Waals surface area contributed by atoms with Crippen molar-refractivity contribution < 1.29 is 24.0 Å². The Bertz CT molecular complexity index is 1320. The fourth-order valence-corrected chi connectivity index (χ4v) is 3.97. The van der Waals surface area contributed by atoms with Crippen molar-refractivity contribution in [3.05, 3.63) is 75.8 Å². The summed E-state index contributed by atoms with van der Waals surface area (Å²) in [5.41, 5.74) is 4.38. The number of anilines is 3. The second-order valence-corrected chi connectivity index (χ2v) is 8.24. The average Bonchev–Trinajstić information content (AvgIpc) is 3.01. The Balaban J connectivity index is 1.59. The van der Waals surface area contributed by atoms with Crippen LogP contribution in [0.15, 0.2) is 54.6 Å². The van der Waals surface area contributed by atoms with Gasteiger partial charge in [-0.25, -0.2) is 0 Å². The number of ether oxygens (including phenoxy) is 2. The molecular weight excluding hydrogens is 464 g/mol. The lowest BCUT2D eigenvalue weighted by molar-refractivity contribution is -0.385. The normalized spacial score (nSPS) is 11.9. The van der Waals surface area contributed by atoms with E-state index in [1.165, 1.54) is 13.2 Å². The largest absolute Gasteiger partial charge is 0.490 e. The van der Waals surface area contributed by atoms with Gasteiger partial charge in [0, 0.05) is 26.3 Å². The molecule has 3 aromatic rings. The number of nitrogens with zero attached hydrogens (tertiary/aromatic N) is 1. The number of methoxy groups -OCH3 is 2. The number of nitro benzene ring substituents is 1. The van der Waals surface area contributed by atoms with Crippen molar-refractivity contribution in [3.63, 3.8) is 0 Å². The fourth-order valence-electron chi connectivity index (χ4n) is 3.97. The van der Waals surface area contributed by atoms with Crippen LogP contribution in [-0.4, -0.2) is 44.1 Å². The van der Waals surface area contributed by atoms with Crippen molar-refractivity contribution in [3.8, 4) is 16.9 Å². The van der Waals surface area contributed by atoms with Gasteiger partial charge in [0.1, 0.15) is 0 Å². The summed E-state index contributed by atoms with van der Waals surface area (Å²) in [7, 11) is 3.00. The third kappa shape index (κ3) is 5.44. The number of nitrogens with one attached hydrogen (secondary N) is 3. The van der Waals surface area contributed by atoms with Crippen LogP contribution in [0.5, 0.6) is 5.75 Å². The molecule has 186 valence electrons. The SMILES string of the molecule is COCCCNC(=O)Cc1ccc2c(c1)Nc1cc(-c3ccc([N+](=O)[O-])c(OC)c3)ccc1C(=O)N2. The number of amides is 2. The second-order valence-electron chi connectivity index (χ2n) is 8.24. The molecule has 36 heavy (non-hydrogen) atoms. The zero-order chi connectivity index (χ0) is 25.7. The highest BCUT2D eigenvalue weighted by Crippen LogP contribution is 2.37. The van der Waals surface area contributed by atoms with Crippen LogP contribution in [0.3, 0.4) is 0 Å². The van der Waals surface area contributed by atoms with Gasteiger partial charge in [0.05, 0.1) is 41.1 Å². The lowest BCUT2D eigenvalue weighted by Gasteiger charge is -2.12. The van der Waals surface area contributed by atoms with Gasteiger partial charge in [-0.05, 0) is 59.5 Å². The topological polar surface area (TPSA) is 132 Å². The van der Waals surface area contributed by atoms with Gasteiger partial charge in [0.2, 0.25) is 5.91 Å². The highest BCUT2D eigenvalue weighted by atomic mass is 16.6. The molecular formula is C26H26N4O6. The van der Waals surface area contributed by atoms with E-state index in [-0.39, 0.29) is 29.7 Å². The van der Waals surface area contributed by atoms with Crippen LogP contribution < -0.4 is 20.7 Å². The quantitative estimate of drug-likeness (QED) is 0.232. The van der Waals surface area contributed by atoms with E-state index < -0.39 is 4.92 Å². The summed E-state index contributed by atoms with van der Waals surface area (Å²) in [5, 5.41) is 20.3. The van der Waals surface area contributed by atoms with Crippen molar-refractivity contribution in [1.82, 2.24) is 5.32 Å². The summed E-state index contributed by atoms with van der Waals surface area (Å²) in [5.74, 6) is -0.222. The summed E-state index contributed by atoms with van der Waals surface area (Å²) in [4.78, 5) is 35.9. The Labute approximate surface area is 207 Å². The lowest BCUT2D eigenvalue weighted by atomic mass is 10.0. The van der Waals surface area contributed by atoms with Crippen molar-refractivity contribution in [2.75, 3.05) is 38.0 Å². The molecule has 0 unspecified atom stereocenters. The van der Waals surface area contributed by atoms with Crippen molar-refractivity contribution in [2.45, 2.75) is 12.8 Å². The molecule has 10 nitrogen and oxygen atoms in total. The van der Waals surface area contributed by atoms with E-state index in [0.29, 0.717) is 41.3 Å². The number of benzene rings is 3. The van der Waals surface area contributed by atoms with E-state index in [9.17, 15) is 19.7 Å². The van der Waals surface area contributed by atoms with E-state index in [2.05, 4.69) is 16.0 Å². The zero-order valence-electron chi connectivity index (χ0n) is 19.9. The van der Waals surface area contributed by atoms with Gasteiger partial charge in [0.25, 0.3) is 5.91 Å². The van der Waals surface area contributed by atoms with Gasteiger partial charge >= 0.3 is 5.69 Å². The number of fused-ring (bicyclic) bond motifs is 2. The minimum Gasteiger partial charge on any atom is -0.490 e. The monoisotopic (exact) mass is 490 g/mol. The van der Waals surface area contributed by atoms with Crippen LogP contribution >= 0.6 is 0 Å². The molecule has 2 amide bonds. The molecule has 1 aliphatic rings. The molecule has 0 fully saturated rings. The van der Waals surface area contributed by atoms with Crippen LogP contribution in [-0.2, 0) is 16.0 Å². The molecule has 1 aliphatic heterocycles. The number of hydrogen-bond donors (Lipinski definition) is 3. The molecule has 0 saturated carbocycles. The highest BCUT2D eigenvalue weighted by Gasteiger charge is 2.21. The Morgan fingerprint density at radius 2 is 1.75 bits per heavy atom. The highest BCUT2D eigenvalue weighted by molar-refractivity contribution is 6.12. The smallest absolute Gasteiger partial charge is 0.310 e. The number of carbonyl (C=O) groups excluding carboxylic acids is 2. The van der Waals surface area contributed by atoms with Crippen molar-refractivity contribution in [1.29, 1.82) is 0 Å². The number of rotatable bonds is 9. The van der Waals surface area contributed by atoms with Crippen LogP contribution in [0.4, 0.5) is 22.7 Å². The summed E-state index contributed by atoms with van der Waals surface area (Å²) in [6.07, 6.45) is 0.936. The van der Waals surface area contributed by atoms with Crippen LogP contribution in [0.2, 0.25) is 0 Å². The fraction of sp³-hybridized carbons (Fsp3) is 0.231. The van der Waals surface area contributed by atoms with Gasteiger partial charge < -0.3 is 25.4 Å². The first kappa shape index (κ1) is 24.7. The molecule has 0 spiro atoms. The van der Waals surface area contributed by atoms with Crippen LogP contribution in [0, 0.1) is 10.1 Å². The molecule has 0 bridgehead atoms. The third-order valence-electron chi connectivity index (χ3n) is 5.79. The predicted molar refractivity (Wildman–Crippen MR) is 136 cm³/mol. The maximum Gasteiger partial charge on any atom is 0.310 e. The maximum atomic E-state index is 12.8. The van der Waals surface area contributed by atoms with Gasteiger partial charge in [-0.1, -0.05) is 12.1 Å². The number of hydrogen-bond acceptors (Lipinski definition) is 7. The minimum absolute atomic E-state index is 0.0986. The first-order valence-corrected chi connectivity index (χ1v) is 11.3. The molecule has 3 aromatic carbocycles. The second kappa shape index (κ2) is 10.9. The zero-order valence-corrected chi connectivity index (χ0v) is 19.9. The van der Waals surface area contributed by atoms with E-state index in [1.54, 1.807) is 49.6 Å². The maximum absolute atomic E-state index is 12.8. The van der Waals surface area contributed by atoms with Gasteiger partial charge in [0.15, 0.2) is 5.75 Å². The van der Waals surface area contributed by atoms with Crippen LogP contribution in [0.1, 0.15) is 22.3 Å². The van der Waals surface area contributed by atoms with Crippen molar-refractivity contribution in [2.24, 2.45) is 0 Å². The Hall–Kier alpha value is -4.44. The van der Waals surface area contributed by atoms with Gasteiger partial charge in [-0.15, -0.1) is 0 Å². The number of nitro groups is 1. The van der Waals surface area contributed by atoms with Crippen LogP contribution in [0.25, 0.3) is 11.1 Å². The summed E-state index contributed by atoms with van der Waals surface area (Å²) < 4.78 is 10.2. The summed E-state index contributed by atoms with van der Waals surface area (Å²) in [6.45, 7) is 1.12. The van der Waals surface area contributed by atoms with E-state index >= 15 is 0 Å².